The summed E-state index contributed by atoms with van der Waals surface area (Å²) in [4.78, 5) is 16.0. The summed E-state index contributed by atoms with van der Waals surface area (Å²) in [5, 5.41) is 11.1. The third kappa shape index (κ3) is 5.40. The summed E-state index contributed by atoms with van der Waals surface area (Å²) in [5.74, 6) is 1.14. The zero-order valence-corrected chi connectivity index (χ0v) is 13.3. The van der Waals surface area contributed by atoms with Gasteiger partial charge in [-0.3, -0.25) is 9.89 Å². The van der Waals surface area contributed by atoms with Gasteiger partial charge in [0.1, 0.15) is 5.82 Å². The van der Waals surface area contributed by atoms with E-state index in [-0.39, 0.29) is 5.91 Å². The van der Waals surface area contributed by atoms with Crippen LogP contribution < -0.4 is 5.32 Å². The molecule has 2 N–H and O–H groups in total. The average Bonchev–Trinajstić information content (AvgIpc) is 2.95. The van der Waals surface area contributed by atoms with Crippen molar-refractivity contribution in [2.45, 2.75) is 24.9 Å². The monoisotopic (exact) mass is 324 g/mol. The fourth-order valence-electron chi connectivity index (χ4n) is 1.68. The predicted octanol–water partition coefficient (Wildman–Crippen LogP) is 2.47. The first-order valence-electron chi connectivity index (χ1n) is 6.72. The van der Waals surface area contributed by atoms with E-state index in [9.17, 15) is 4.79 Å². The Kier molecular flexibility index (Phi) is 6.07. The molecule has 0 radical (unpaired) electrons. The highest BCUT2D eigenvalue weighted by Gasteiger charge is 2.06. The zero-order chi connectivity index (χ0) is 15.1. The summed E-state index contributed by atoms with van der Waals surface area (Å²) in [7, 11) is 0. The van der Waals surface area contributed by atoms with Gasteiger partial charge in [0.15, 0.2) is 0 Å². The second-order valence-electron chi connectivity index (χ2n) is 4.43. The van der Waals surface area contributed by atoms with E-state index in [0.29, 0.717) is 17.5 Å². The Morgan fingerprint density at radius 3 is 2.81 bits per heavy atom. The Labute approximate surface area is 132 Å². The number of hydrogen-bond donors (Lipinski definition) is 2. The second kappa shape index (κ2) is 8.05. The molecule has 0 spiro atoms. The van der Waals surface area contributed by atoms with Crippen molar-refractivity contribution in [1.29, 1.82) is 0 Å². The van der Waals surface area contributed by atoms with Crippen LogP contribution in [0.3, 0.4) is 0 Å². The number of H-pyrrole nitrogens is 1. The normalized spacial score (nSPS) is 10.6. The van der Waals surface area contributed by atoms with E-state index in [4.69, 9.17) is 11.6 Å². The molecule has 0 saturated heterocycles. The van der Waals surface area contributed by atoms with Crippen LogP contribution in [0.25, 0.3) is 0 Å². The first kappa shape index (κ1) is 15.9. The van der Waals surface area contributed by atoms with Gasteiger partial charge in [0.05, 0.1) is 5.75 Å². The molecule has 0 aliphatic carbocycles. The molecule has 7 heteroatoms. The Bertz CT molecular complexity index is 585. The van der Waals surface area contributed by atoms with Gasteiger partial charge in [-0.15, -0.1) is 5.10 Å². The molecule has 1 aromatic heterocycles. The minimum atomic E-state index is -0.0168. The SMILES string of the molecule is CCc1nc(SCC(=O)NCCc2ccc(Cl)cc2)n[nH]1. The number of carbonyl (C=O) groups excluding carboxylic acids is 1. The standard InChI is InChI=1S/C14H17ClN4OS/c1-2-12-17-14(19-18-12)21-9-13(20)16-8-7-10-3-5-11(15)6-4-10/h3-6H,2,7-9H2,1H3,(H,16,20)(H,17,18,19). The molecule has 0 bridgehead atoms. The number of nitrogens with zero attached hydrogens (tertiary/aromatic N) is 2. The van der Waals surface area contributed by atoms with Gasteiger partial charge in [0, 0.05) is 18.0 Å². The van der Waals surface area contributed by atoms with E-state index in [2.05, 4.69) is 20.5 Å². The number of aryl methyl sites for hydroxylation is 1. The molecule has 112 valence electrons. The lowest BCUT2D eigenvalue weighted by atomic mass is 10.1. The molecule has 0 fully saturated rings. The summed E-state index contributed by atoms with van der Waals surface area (Å²) < 4.78 is 0. The van der Waals surface area contributed by atoms with E-state index in [1.54, 1.807) is 0 Å². The molecule has 1 aromatic carbocycles. The molecule has 0 saturated carbocycles. The molecular weight excluding hydrogens is 308 g/mol. The van der Waals surface area contributed by atoms with Gasteiger partial charge in [0.25, 0.3) is 0 Å². The van der Waals surface area contributed by atoms with Crippen LogP contribution in [0.15, 0.2) is 29.4 Å². The fraction of sp³-hybridized carbons (Fsp3) is 0.357. The highest BCUT2D eigenvalue weighted by Crippen LogP contribution is 2.12. The maximum Gasteiger partial charge on any atom is 0.230 e. The first-order chi connectivity index (χ1) is 10.2. The predicted molar refractivity (Wildman–Crippen MR) is 84.7 cm³/mol. The van der Waals surface area contributed by atoms with Gasteiger partial charge >= 0.3 is 0 Å². The van der Waals surface area contributed by atoms with Gasteiger partial charge in [-0.1, -0.05) is 42.4 Å². The number of aromatic amines is 1. The van der Waals surface area contributed by atoms with Crippen LogP contribution in [0.1, 0.15) is 18.3 Å². The third-order valence-corrected chi connectivity index (χ3v) is 3.93. The minimum absolute atomic E-state index is 0.0168. The topological polar surface area (TPSA) is 70.7 Å². The van der Waals surface area contributed by atoms with E-state index in [0.717, 1.165) is 29.3 Å². The van der Waals surface area contributed by atoms with Crippen LogP contribution in [0, 0.1) is 0 Å². The summed E-state index contributed by atoms with van der Waals surface area (Å²) >= 11 is 7.15. The summed E-state index contributed by atoms with van der Waals surface area (Å²) in [6, 6.07) is 7.62. The highest BCUT2D eigenvalue weighted by atomic mass is 35.5. The fourth-order valence-corrected chi connectivity index (χ4v) is 2.45. The molecular formula is C14H17ClN4OS. The van der Waals surface area contributed by atoms with E-state index < -0.39 is 0 Å². The van der Waals surface area contributed by atoms with Crippen LogP contribution >= 0.6 is 23.4 Å². The summed E-state index contributed by atoms with van der Waals surface area (Å²) in [5.41, 5.74) is 1.15. The van der Waals surface area contributed by atoms with Crippen LogP contribution in [0.5, 0.6) is 0 Å². The van der Waals surface area contributed by atoms with Crippen molar-refractivity contribution in [2.24, 2.45) is 0 Å². The van der Waals surface area contributed by atoms with Crippen LogP contribution in [-0.2, 0) is 17.6 Å². The van der Waals surface area contributed by atoms with Gasteiger partial charge in [0.2, 0.25) is 11.1 Å². The Morgan fingerprint density at radius 1 is 1.38 bits per heavy atom. The lowest BCUT2D eigenvalue weighted by Gasteiger charge is -2.04. The average molecular weight is 325 g/mol. The largest absolute Gasteiger partial charge is 0.355 e. The zero-order valence-electron chi connectivity index (χ0n) is 11.7. The number of rotatable bonds is 7. The third-order valence-electron chi connectivity index (χ3n) is 2.83. The van der Waals surface area contributed by atoms with Crippen molar-refractivity contribution in [3.63, 3.8) is 0 Å². The Hall–Kier alpha value is -1.53. The molecule has 0 unspecified atom stereocenters. The number of hydrogen-bond acceptors (Lipinski definition) is 4. The van der Waals surface area contributed by atoms with Gasteiger partial charge in [-0.05, 0) is 24.1 Å². The van der Waals surface area contributed by atoms with Gasteiger partial charge in [-0.2, -0.15) is 0 Å². The van der Waals surface area contributed by atoms with E-state index in [1.165, 1.54) is 11.8 Å². The van der Waals surface area contributed by atoms with Crippen molar-refractivity contribution in [3.8, 4) is 0 Å². The van der Waals surface area contributed by atoms with Gasteiger partial charge in [-0.25, -0.2) is 4.98 Å². The number of carbonyl (C=O) groups is 1. The molecule has 1 amide bonds. The first-order valence-corrected chi connectivity index (χ1v) is 8.09. The molecule has 5 nitrogen and oxygen atoms in total. The number of amides is 1. The van der Waals surface area contributed by atoms with Gasteiger partial charge < -0.3 is 5.32 Å². The number of nitrogens with one attached hydrogen (secondary N) is 2. The van der Waals surface area contributed by atoms with Crippen molar-refractivity contribution in [1.82, 2.24) is 20.5 Å². The highest BCUT2D eigenvalue weighted by molar-refractivity contribution is 7.99. The molecule has 0 atom stereocenters. The molecule has 0 aliphatic heterocycles. The number of thioether (sulfide) groups is 1. The quantitative estimate of drug-likeness (QED) is 0.768. The Morgan fingerprint density at radius 2 is 2.14 bits per heavy atom. The number of halogens is 1. The maximum atomic E-state index is 11.7. The van der Waals surface area contributed by atoms with Crippen molar-refractivity contribution in [2.75, 3.05) is 12.3 Å². The second-order valence-corrected chi connectivity index (χ2v) is 5.81. The molecule has 21 heavy (non-hydrogen) atoms. The van der Waals surface area contributed by atoms with E-state index >= 15 is 0 Å². The van der Waals surface area contributed by atoms with Crippen LogP contribution in [0.2, 0.25) is 5.02 Å². The molecule has 0 aliphatic rings. The summed E-state index contributed by atoms with van der Waals surface area (Å²) in [6.45, 7) is 2.60. The maximum absolute atomic E-state index is 11.7. The van der Waals surface area contributed by atoms with Crippen molar-refractivity contribution in [3.05, 3.63) is 40.7 Å². The smallest absolute Gasteiger partial charge is 0.230 e. The lowest BCUT2D eigenvalue weighted by molar-refractivity contribution is -0.118. The van der Waals surface area contributed by atoms with E-state index in [1.807, 2.05) is 31.2 Å². The molecule has 2 rings (SSSR count). The van der Waals surface area contributed by atoms with Crippen LogP contribution in [-0.4, -0.2) is 33.4 Å². The molecule has 1 heterocycles. The van der Waals surface area contributed by atoms with Crippen molar-refractivity contribution >= 4 is 29.3 Å². The Balaban J connectivity index is 1.66. The minimum Gasteiger partial charge on any atom is -0.355 e. The number of benzene rings is 1. The van der Waals surface area contributed by atoms with Crippen molar-refractivity contribution < 1.29 is 4.79 Å². The number of aromatic nitrogens is 3. The van der Waals surface area contributed by atoms with Crippen LogP contribution in [0.4, 0.5) is 0 Å². The lowest BCUT2D eigenvalue weighted by Crippen LogP contribution is -2.27. The summed E-state index contributed by atoms with van der Waals surface area (Å²) in [6.07, 6.45) is 1.59. The molecule has 2 aromatic rings.